The van der Waals surface area contributed by atoms with Gasteiger partial charge in [-0.2, -0.15) is 5.10 Å². The molecular formula is C21H22N4O. The van der Waals surface area contributed by atoms with Crippen molar-refractivity contribution in [1.29, 1.82) is 0 Å². The van der Waals surface area contributed by atoms with Gasteiger partial charge in [-0.3, -0.25) is 9.67 Å². The van der Waals surface area contributed by atoms with Crippen LogP contribution >= 0.6 is 0 Å². The molecule has 2 aliphatic rings. The number of pyridine rings is 1. The molecule has 132 valence electrons. The molecule has 0 spiro atoms. The molecule has 1 aromatic carbocycles. The predicted molar refractivity (Wildman–Crippen MR) is 100 cm³/mol. The summed E-state index contributed by atoms with van der Waals surface area (Å²) in [4.78, 5) is 4.16. The van der Waals surface area contributed by atoms with Crippen molar-refractivity contribution in [3.05, 3.63) is 60.0 Å². The van der Waals surface area contributed by atoms with Crippen molar-refractivity contribution in [3.63, 3.8) is 0 Å². The first-order chi connectivity index (χ1) is 12.8. The largest absolute Gasteiger partial charge is 0.392 e. The number of aromatic nitrogens is 3. The lowest BCUT2D eigenvalue weighted by molar-refractivity contribution is 0.282. The zero-order chi connectivity index (χ0) is 17.5. The van der Waals surface area contributed by atoms with Crippen LogP contribution in [0.15, 0.2) is 48.8 Å². The summed E-state index contributed by atoms with van der Waals surface area (Å²) in [5.74, 6) is 0.804. The van der Waals surface area contributed by atoms with Crippen LogP contribution in [0.3, 0.4) is 0 Å². The molecule has 5 heteroatoms. The van der Waals surface area contributed by atoms with Crippen LogP contribution in [-0.4, -0.2) is 25.9 Å². The summed E-state index contributed by atoms with van der Waals surface area (Å²) in [6, 6.07) is 12.7. The fraction of sp³-hybridized carbons (Fsp3) is 0.333. The quantitative estimate of drug-likeness (QED) is 0.762. The Labute approximate surface area is 152 Å². The van der Waals surface area contributed by atoms with E-state index in [0.717, 1.165) is 41.4 Å². The van der Waals surface area contributed by atoms with E-state index in [9.17, 15) is 5.11 Å². The molecule has 1 saturated carbocycles. The third-order valence-electron chi connectivity index (χ3n) is 5.50. The van der Waals surface area contributed by atoms with Crippen LogP contribution in [0.4, 0.5) is 0 Å². The van der Waals surface area contributed by atoms with E-state index >= 15 is 0 Å². The lowest BCUT2D eigenvalue weighted by Gasteiger charge is -2.25. The van der Waals surface area contributed by atoms with Gasteiger partial charge in [0, 0.05) is 36.1 Å². The number of nitrogens with zero attached hydrogens (tertiary/aromatic N) is 3. The van der Waals surface area contributed by atoms with Gasteiger partial charge >= 0.3 is 0 Å². The van der Waals surface area contributed by atoms with Crippen molar-refractivity contribution in [2.75, 3.05) is 0 Å². The second-order valence-electron chi connectivity index (χ2n) is 7.27. The molecule has 26 heavy (non-hydrogen) atoms. The molecule has 5 nitrogen and oxygen atoms in total. The molecule has 2 N–H and O–H groups in total. The van der Waals surface area contributed by atoms with E-state index in [1.54, 1.807) is 0 Å². The Hall–Kier alpha value is -2.50. The van der Waals surface area contributed by atoms with Crippen LogP contribution in [0.25, 0.3) is 22.4 Å². The van der Waals surface area contributed by atoms with Gasteiger partial charge in [0.2, 0.25) is 0 Å². The molecule has 0 amide bonds. The van der Waals surface area contributed by atoms with E-state index in [1.807, 2.05) is 42.7 Å². The topological polar surface area (TPSA) is 63.0 Å². The number of nitrogens with one attached hydrogen (secondary N) is 1. The normalized spacial score (nSPS) is 19.3. The van der Waals surface area contributed by atoms with Crippen molar-refractivity contribution < 1.29 is 5.11 Å². The molecular weight excluding hydrogens is 324 g/mol. The summed E-state index contributed by atoms with van der Waals surface area (Å²) in [6.45, 7) is 1.81. The van der Waals surface area contributed by atoms with Gasteiger partial charge in [0.15, 0.2) is 0 Å². The van der Waals surface area contributed by atoms with Crippen LogP contribution in [0.1, 0.15) is 24.1 Å². The SMILES string of the molecule is OCc1cccc(-c2nn3c(c2-c2ccncc2)CNC(C2CC2)C3)c1. The molecule has 1 fully saturated rings. The molecule has 5 rings (SSSR count). The second-order valence-corrected chi connectivity index (χ2v) is 7.27. The number of rotatable bonds is 4. The minimum atomic E-state index is 0.0390. The van der Waals surface area contributed by atoms with E-state index in [2.05, 4.69) is 21.0 Å². The molecule has 1 aliphatic carbocycles. The summed E-state index contributed by atoms with van der Waals surface area (Å²) < 4.78 is 2.19. The lowest BCUT2D eigenvalue weighted by atomic mass is 9.97. The maximum absolute atomic E-state index is 9.52. The van der Waals surface area contributed by atoms with Crippen LogP contribution in [-0.2, 0) is 19.7 Å². The Balaban J connectivity index is 1.65. The molecule has 0 radical (unpaired) electrons. The average molecular weight is 346 g/mol. The molecule has 3 heterocycles. The van der Waals surface area contributed by atoms with Gasteiger partial charge in [0.1, 0.15) is 5.69 Å². The summed E-state index contributed by atoms with van der Waals surface area (Å²) in [5.41, 5.74) is 6.48. The fourth-order valence-corrected chi connectivity index (χ4v) is 3.96. The number of aliphatic hydroxyl groups excluding tert-OH is 1. The first kappa shape index (κ1) is 15.7. The number of hydrogen-bond acceptors (Lipinski definition) is 4. The molecule has 3 aromatic rings. The fourth-order valence-electron chi connectivity index (χ4n) is 3.96. The summed E-state index contributed by atoms with van der Waals surface area (Å²) >= 11 is 0. The Morgan fingerprint density at radius 1 is 1.12 bits per heavy atom. The lowest BCUT2D eigenvalue weighted by Crippen LogP contribution is -2.40. The Bertz CT molecular complexity index is 930. The molecule has 2 aromatic heterocycles. The van der Waals surface area contributed by atoms with Crippen LogP contribution in [0.5, 0.6) is 0 Å². The molecule has 1 unspecified atom stereocenters. The van der Waals surface area contributed by atoms with Crippen molar-refractivity contribution in [2.45, 2.75) is 38.6 Å². The van der Waals surface area contributed by atoms with Crippen molar-refractivity contribution >= 4 is 0 Å². The molecule has 1 atom stereocenters. The van der Waals surface area contributed by atoms with Crippen molar-refractivity contribution in [3.8, 4) is 22.4 Å². The van der Waals surface area contributed by atoms with Crippen molar-refractivity contribution in [1.82, 2.24) is 20.1 Å². The highest BCUT2D eigenvalue weighted by Gasteiger charge is 2.35. The van der Waals surface area contributed by atoms with Crippen LogP contribution in [0.2, 0.25) is 0 Å². The minimum absolute atomic E-state index is 0.0390. The molecule has 0 saturated heterocycles. The van der Waals surface area contributed by atoms with Gasteiger partial charge in [-0.25, -0.2) is 0 Å². The van der Waals surface area contributed by atoms with E-state index < -0.39 is 0 Å². The third-order valence-corrected chi connectivity index (χ3v) is 5.50. The third kappa shape index (κ3) is 2.73. The Morgan fingerprint density at radius 2 is 1.96 bits per heavy atom. The predicted octanol–water partition coefficient (Wildman–Crippen LogP) is 2.99. The first-order valence-electron chi connectivity index (χ1n) is 9.27. The second kappa shape index (κ2) is 6.34. The first-order valence-corrected chi connectivity index (χ1v) is 9.27. The van der Waals surface area contributed by atoms with Crippen LogP contribution in [0, 0.1) is 5.92 Å². The zero-order valence-electron chi connectivity index (χ0n) is 14.6. The van der Waals surface area contributed by atoms with Gasteiger partial charge in [0.25, 0.3) is 0 Å². The number of fused-ring (bicyclic) bond motifs is 1. The number of hydrogen-bond donors (Lipinski definition) is 2. The summed E-state index contributed by atoms with van der Waals surface area (Å²) in [6.07, 6.45) is 6.32. The maximum atomic E-state index is 9.52. The highest BCUT2D eigenvalue weighted by atomic mass is 16.3. The van der Waals surface area contributed by atoms with E-state index in [4.69, 9.17) is 5.10 Å². The number of aliphatic hydroxyl groups is 1. The smallest absolute Gasteiger partial charge is 0.100 e. The summed E-state index contributed by atoms with van der Waals surface area (Å²) in [7, 11) is 0. The highest BCUT2D eigenvalue weighted by Crippen LogP contribution is 2.39. The highest BCUT2D eigenvalue weighted by molar-refractivity contribution is 5.83. The minimum Gasteiger partial charge on any atom is -0.392 e. The van der Waals surface area contributed by atoms with E-state index in [-0.39, 0.29) is 6.61 Å². The monoisotopic (exact) mass is 346 g/mol. The molecule has 0 bridgehead atoms. The zero-order valence-corrected chi connectivity index (χ0v) is 14.6. The van der Waals surface area contributed by atoms with Crippen LogP contribution < -0.4 is 5.32 Å². The van der Waals surface area contributed by atoms with Gasteiger partial charge in [-0.15, -0.1) is 0 Å². The maximum Gasteiger partial charge on any atom is 0.100 e. The van der Waals surface area contributed by atoms with Gasteiger partial charge in [0.05, 0.1) is 18.8 Å². The average Bonchev–Trinajstić information content (AvgIpc) is 3.48. The van der Waals surface area contributed by atoms with Gasteiger partial charge in [-0.1, -0.05) is 18.2 Å². The van der Waals surface area contributed by atoms with E-state index in [0.29, 0.717) is 6.04 Å². The standard InChI is InChI=1S/C21H22N4O/c26-13-14-2-1-3-17(10-14)21-20(16-6-8-22-9-7-16)19-11-23-18(15-4-5-15)12-25(19)24-21/h1-3,6-10,15,18,23,26H,4-5,11-13H2. The van der Waals surface area contributed by atoms with Gasteiger partial charge in [-0.05, 0) is 48.1 Å². The Kier molecular flexibility index (Phi) is 3.84. The summed E-state index contributed by atoms with van der Waals surface area (Å²) in [5, 5.41) is 18.2. The molecule has 1 aliphatic heterocycles. The Morgan fingerprint density at radius 3 is 2.73 bits per heavy atom. The van der Waals surface area contributed by atoms with E-state index in [1.165, 1.54) is 24.1 Å². The van der Waals surface area contributed by atoms with Gasteiger partial charge < -0.3 is 10.4 Å². The number of benzene rings is 1. The van der Waals surface area contributed by atoms with Crippen molar-refractivity contribution in [2.24, 2.45) is 5.92 Å².